The normalized spacial score (nSPS) is 17.7. The fraction of sp³-hybridized carbons (Fsp3) is 0.667. The molecule has 0 atom stereocenters. The third kappa shape index (κ3) is 2.77. The van der Waals surface area contributed by atoms with Gasteiger partial charge in [-0.2, -0.15) is 5.10 Å². The summed E-state index contributed by atoms with van der Waals surface area (Å²) >= 11 is 3.59. The van der Waals surface area contributed by atoms with Gasteiger partial charge in [-0.3, -0.25) is 14.4 Å². The first-order valence-electron chi connectivity index (χ1n) is 6.07. The van der Waals surface area contributed by atoms with E-state index in [1.165, 1.54) is 5.69 Å². The van der Waals surface area contributed by atoms with E-state index in [-0.39, 0.29) is 0 Å². The van der Waals surface area contributed by atoms with Gasteiger partial charge in [0, 0.05) is 19.5 Å². The molecule has 0 saturated carbocycles. The van der Waals surface area contributed by atoms with Gasteiger partial charge in [-0.1, -0.05) is 0 Å². The number of likely N-dealkylation sites (tertiary alicyclic amines) is 1. The third-order valence-electron chi connectivity index (χ3n) is 3.16. The molecule has 4 nitrogen and oxygen atoms in total. The Balaban J connectivity index is 2.14. The van der Waals surface area contributed by atoms with Gasteiger partial charge in [0.25, 0.3) is 0 Å². The predicted molar refractivity (Wildman–Crippen MR) is 69.9 cm³/mol. The van der Waals surface area contributed by atoms with Crippen molar-refractivity contribution in [1.82, 2.24) is 14.7 Å². The molecule has 1 fully saturated rings. The highest BCUT2D eigenvalue weighted by Crippen LogP contribution is 2.23. The van der Waals surface area contributed by atoms with Crippen LogP contribution in [0.4, 0.5) is 0 Å². The summed E-state index contributed by atoms with van der Waals surface area (Å²) in [4.78, 5) is 13.6. The van der Waals surface area contributed by atoms with Crippen molar-refractivity contribution in [3.8, 4) is 0 Å². The lowest BCUT2D eigenvalue weighted by atomic mass is 10.1. The summed E-state index contributed by atoms with van der Waals surface area (Å²) < 4.78 is 3.09. The Bertz CT molecular complexity index is 428. The molecule has 1 saturated heterocycles. The number of piperidine rings is 1. The van der Waals surface area contributed by atoms with Gasteiger partial charge in [-0.25, -0.2) is 0 Å². The Kier molecular flexibility index (Phi) is 3.99. The number of Topliss-reactive ketones (excluding diaryl/α,β-unsaturated/α-hetero) is 1. The predicted octanol–water partition coefficient (Wildman–Crippen LogP) is 2.14. The minimum Gasteiger partial charge on any atom is -0.298 e. The molecule has 2 rings (SSSR count). The molecule has 0 radical (unpaired) electrons. The number of hydrogen-bond donors (Lipinski definition) is 0. The summed E-state index contributed by atoms with van der Waals surface area (Å²) in [7, 11) is 0. The van der Waals surface area contributed by atoms with Crippen LogP contribution in [0.2, 0.25) is 0 Å². The average molecular weight is 300 g/mol. The van der Waals surface area contributed by atoms with Crippen LogP contribution >= 0.6 is 15.9 Å². The Morgan fingerprint density at radius 3 is 2.88 bits per heavy atom. The summed E-state index contributed by atoms with van der Waals surface area (Å²) in [5, 5.41) is 4.47. The number of carbonyl (C=O) groups excluding carboxylic acids is 1. The van der Waals surface area contributed by atoms with Crippen LogP contribution in [0.5, 0.6) is 0 Å². The minimum absolute atomic E-state index is 0.353. The van der Waals surface area contributed by atoms with Crippen molar-refractivity contribution in [2.24, 2.45) is 0 Å². The summed E-state index contributed by atoms with van der Waals surface area (Å²) in [6, 6.07) is 0. The second-order valence-corrected chi connectivity index (χ2v) is 5.31. The van der Waals surface area contributed by atoms with Crippen LogP contribution in [-0.4, -0.2) is 33.6 Å². The summed E-state index contributed by atoms with van der Waals surface area (Å²) in [5.41, 5.74) is 2.20. The van der Waals surface area contributed by atoms with Gasteiger partial charge < -0.3 is 0 Å². The SMILES string of the molecule is CCn1nc(C)c(Br)c1CN1CCCC(=O)C1. The van der Waals surface area contributed by atoms with E-state index in [4.69, 9.17) is 0 Å². The molecule has 0 N–H and O–H groups in total. The van der Waals surface area contributed by atoms with Crippen molar-refractivity contribution in [3.05, 3.63) is 15.9 Å². The number of rotatable bonds is 3. The first-order valence-corrected chi connectivity index (χ1v) is 6.87. The zero-order chi connectivity index (χ0) is 12.4. The van der Waals surface area contributed by atoms with E-state index in [2.05, 4.69) is 32.9 Å². The zero-order valence-electron chi connectivity index (χ0n) is 10.4. The lowest BCUT2D eigenvalue weighted by Gasteiger charge is -2.25. The van der Waals surface area contributed by atoms with Crippen LogP contribution in [0.25, 0.3) is 0 Å². The number of nitrogens with zero attached hydrogens (tertiary/aromatic N) is 3. The van der Waals surface area contributed by atoms with E-state index in [1.54, 1.807) is 0 Å². The highest BCUT2D eigenvalue weighted by atomic mass is 79.9. The van der Waals surface area contributed by atoms with Gasteiger partial charge in [0.1, 0.15) is 5.78 Å². The molecule has 0 aliphatic carbocycles. The molecule has 2 heterocycles. The van der Waals surface area contributed by atoms with E-state index >= 15 is 0 Å². The Hall–Kier alpha value is -0.680. The van der Waals surface area contributed by atoms with Gasteiger partial charge in [0.05, 0.1) is 22.4 Å². The van der Waals surface area contributed by atoms with Crippen molar-refractivity contribution in [2.75, 3.05) is 13.1 Å². The van der Waals surface area contributed by atoms with Crippen LogP contribution in [0.1, 0.15) is 31.2 Å². The lowest BCUT2D eigenvalue weighted by Crippen LogP contribution is -2.35. The second-order valence-electron chi connectivity index (χ2n) is 4.51. The maximum atomic E-state index is 11.4. The fourth-order valence-corrected chi connectivity index (χ4v) is 2.68. The molecule has 5 heteroatoms. The molecule has 1 aliphatic heterocycles. The molecule has 1 aromatic rings. The highest BCUT2D eigenvalue weighted by Gasteiger charge is 2.20. The van der Waals surface area contributed by atoms with Gasteiger partial charge in [-0.15, -0.1) is 0 Å². The van der Waals surface area contributed by atoms with Gasteiger partial charge in [-0.05, 0) is 42.7 Å². The molecule has 0 spiro atoms. The molecular formula is C12H18BrN3O. The van der Waals surface area contributed by atoms with E-state index < -0.39 is 0 Å². The van der Waals surface area contributed by atoms with Gasteiger partial charge in [0.2, 0.25) is 0 Å². The number of ketones is 1. The number of hydrogen-bond acceptors (Lipinski definition) is 3. The molecule has 94 valence electrons. The topological polar surface area (TPSA) is 38.1 Å². The average Bonchev–Trinajstić information content (AvgIpc) is 2.57. The zero-order valence-corrected chi connectivity index (χ0v) is 12.0. The van der Waals surface area contributed by atoms with E-state index in [1.807, 2.05) is 11.6 Å². The molecular weight excluding hydrogens is 282 g/mol. The molecule has 1 aliphatic rings. The van der Waals surface area contributed by atoms with Crippen LogP contribution in [0.3, 0.4) is 0 Å². The van der Waals surface area contributed by atoms with Crippen molar-refractivity contribution in [2.45, 2.75) is 39.8 Å². The molecule has 1 aromatic heterocycles. The van der Waals surface area contributed by atoms with Gasteiger partial charge >= 0.3 is 0 Å². The Morgan fingerprint density at radius 2 is 2.24 bits per heavy atom. The molecule has 0 amide bonds. The van der Waals surface area contributed by atoms with Crippen molar-refractivity contribution in [3.63, 3.8) is 0 Å². The molecule has 0 aromatic carbocycles. The van der Waals surface area contributed by atoms with E-state index in [9.17, 15) is 4.79 Å². The number of aromatic nitrogens is 2. The molecule has 0 bridgehead atoms. The van der Waals surface area contributed by atoms with Crippen molar-refractivity contribution in [1.29, 1.82) is 0 Å². The van der Waals surface area contributed by atoms with Crippen LogP contribution in [0, 0.1) is 6.92 Å². The summed E-state index contributed by atoms with van der Waals surface area (Å²) in [6.07, 6.45) is 1.72. The number of aryl methyl sites for hydroxylation is 2. The third-order valence-corrected chi connectivity index (χ3v) is 4.19. The Labute approximate surface area is 110 Å². The quantitative estimate of drug-likeness (QED) is 0.858. The number of carbonyl (C=O) groups is 1. The summed E-state index contributed by atoms with van der Waals surface area (Å²) in [5.74, 6) is 0.353. The van der Waals surface area contributed by atoms with Crippen LogP contribution in [0.15, 0.2) is 4.47 Å². The highest BCUT2D eigenvalue weighted by molar-refractivity contribution is 9.10. The van der Waals surface area contributed by atoms with Crippen molar-refractivity contribution >= 4 is 21.7 Å². The maximum Gasteiger partial charge on any atom is 0.146 e. The van der Waals surface area contributed by atoms with E-state index in [0.29, 0.717) is 12.3 Å². The van der Waals surface area contributed by atoms with E-state index in [0.717, 1.165) is 42.6 Å². The van der Waals surface area contributed by atoms with Crippen LogP contribution < -0.4 is 0 Å². The smallest absolute Gasteiger partial charge is 0.146 e. The summed E-state index contributed by atoms with van der Waals surface area (Å²) in [6.45, 7) is 7.35. The lowest BCUT2D eigenvalue weighted by molar-refractivity contribution is -0.122. The molecule has 17 heavy (non-hydrogen) atoms. The standard InChI is InChI=1S/C12H18BrN3O/c1-3-16-11(12(13)9(2)14-16)8-15-6-4-5-10(17)7-15/h3-8H2,1-2H3. The van der Waals surface area contributed by atoms with Crippen molar-refractivity contribution < 1.29 is 4.79 Å². The first-order chi connectivity index (χ1) is 8.11. The maximum absolute atomic E-state index is 11.4. The first kappa shape index (κ1) is 12.8. The second kappa shape index (κ2) is 5.31. The molecule has 0 unspecified atom stereocenters. The number of halogens is 1. The Morgan fingerprint density at radius 1 is 1.47 bits per heavy atom. The minimum atomic E-state index is 0.353. The van der Waals surface area contributed by atoms with Gasteiger partial charge in [0.15, 0.2) is 0 Å². The fourth-order valence-electron chi connectivity index (χ4n) is 2.27. The van der Waals surface area contributed by atoms with Crippen LogP contribution in [-0.2, 0) is 17.9 Å². The largest absolute Gasteiger partial charge is 0.298 e. The monoisotopic (exact) mass is 299 g/mol.